The summed E-state index contributed by atoms with van der Waals surface area (Å²) in [5, 5.41) is 16.1. The molecule has 42 heavy (non-hydrogen) atoms. The Morgan fingerprint density at radius 1 is 1.29 bits per heavy atom. The van der Waals surface area contributed by atoms with Crippen LogP contribution in [0.15, 0.2) is 39.8 Å². The summed E-state index contributed by atoms with van der Waals surface area (Å²) in [5.74, 6) is -0.366. The highest BCUT2D eigenvalue weighted by molar-refractivity contribution is 7.88. The molecule has 1 atom stereocenters. The summed E-state index contributed by atoms with van der Waals surface area (Å²) in [7, 11) is 0. The first-order chi connectivity index (χ1) is 20.0. The van der Waals surface area contributed by atoms with Crippen molar-refractivity contribution in [2.75, 3.05) is 32.0 Å². The van der Waals surface area contributed by atoms with Crippen LogP contribution < -0.4 is 33.0 Å². The molecule has 11 N–H and O–H groups in total. The maximum absolute atomic E-state index is 13.0. The molecule has 2 aromatic rings. The van der Waals surface area contributed by atoms with Gasteiger partial charge in [-0.1, -0.05) is 5.16 Å². The number of aromatic nitrogens is 1. The molecule has 0 bridgehead atoms. The molecule has 1 fully saturated rings. The van der Waals surface area contributed by atoms with Crippen molar-refractivity contribution < 1.29 is 37.9 Å². The molecule has 1 aromatic heterocycles. The lowest BCUT2D eigenvalue weighted by Gasteiger charge is -2.50. The number of ether oxygens (including phenoxy) is 1. The van der Waals surface area contributed by atoms with Gasteiger partial charge in [-0.3, -0.25) is 19.4 Å². The molecule has 0 aliphatic carbocycles. The van der Waals surface area contributed by atoms with E-state index in [9.17, 15) is 9.59 Å². The van der Waals surface area contributed by atoms with Gasteiger partial charge in [-0.15, -0.1) is 11.3 Å². The average Bonchev–Trinajstić information content (AvgIpc) is 3.40. The number of amidine groups is 1. The van der Waals surface area contributed by atoms with E-state index in [1.165, 1.54) is 0 Å². The number of nitrogens with one attached hydrogen (secondary N) is 1. The van der Waals surface area contributed by atoms with E-state index in [-0.39, 0.29) is 54.6 Å². The number of nitrogens with zero attached hydrogens (tertiary/aromatic N) is 4. The Hall–Kier alpha value is -4.01. The predicted molar refractivity (Wildman–Crippen MR) is 156 cm³/mol. The van der Waals surface area contributed by atoms with Crippen LogP contribution in [0.3, 0.4) is 0 Å². The van der Waals surface area contributed by atoms with Crippen LogP contribution >= 0.6 is 23.7 Å². The molecule has 1 saturated heterocycles. The number of carbonyl (C=O) groups is 3. The van der Waals surface area contributed by atoms with E-state index >= 15 is 0 Å². The number of hydrogen-bond acceptors (Lipinski definition) is 15. The minimum Gasteiger partial charge on any atom is -0.490 e. The topological polar surface area (TPSA) is 276 Å². The van der Waals surface area contributed by atoms with Gasteiger partial charge in [0.2, 0.25) is 0 Å². The number of β-lactam (4-membered cyclic amide) rings is 1. The smallest absolute Gasteiger partial charge is 0.290 e. The van der Waals surface area contributed by atoms with Crippen LogP contribution in [0.4, 0.5) is 5.13 Å². The highest BCUT2D eigenvalue weighted by Crippen LogP contribution is 2.33. The Morgan fingerprint density at radius 2 is 1.93 bits per heavy atom. The Balaban J connectivity index is 0.00000197. The van der Waals surface area contributed by atoms with E-state index in [0.717, 1.165) is 16.4 Å². The Labute approximate surface area is 249 Å². The molecular formula is C23H33N9O8S2. The van der Waals surface area contributed by atoms with Gasteiger partial charge < -0.3 is 47.5 Å². The van der Waals surface area contributed by atoms with E-state index in [2.05, 4.69) is 20.4 Å². The Morgan fingerprint density at radius 3 is 2.45 bits per heavy atom. The molecule has 1 aromatic carbocycles. The van der Waals surface area contributed by atoms with Crippen molar-refractivity contribution in [2.24, 2.45) is 27.3 Å². The van der Waals surface area contributed by atoms with Crippen molar-refractivity contribution in [1.82, 2.24) is 15.4 Å². The van der Waals surface area contributed by atoms with E-state index in [4.69, 9.17) is 51.2 Å². The number of hydroxylamine groups is 2. The summed E-state index contributed by atoms with van der Waals surface area (Å²) in [6.45, 7) is 3.78. The fourth-order valence-electron chi connectivity index (χ4n) is 3.46. The summed E-state index contributed by atoms with van der Waals surface area (Å²) < 4.78 is 19.4. The maximum atomic E-state index is 13.0. The van der Waals surface area contributed by atoms with Crippen LogP contribution in [0.1, 0.15) is 25.1 Å². The van der Waals surface area contributed by atoms with Crippen molar-refractivity contribution in [3.05, 3.63) is 40.9 Å². The minimum absolute atomic E-state index is 0.000376. The normalized spacial score (nSPS) is 16.3. The number of oxime groups is 1. The van der Waals surface area contributed by atoms with Crippen molar-refractivity contribution >= 4 is 58.6 Å². The molecule has 0 unspecified atom stereocenters. The summed E-state index contributed by atoms with van der Waals surface area (Å²) in [4.78, 5) is 47.4. The number of benzene rings is 1. The standard InChI is InChI=1S/C22H31N9O6S2.CH2O2/c1-22(2)17(20(33)31(22)37-39-34)29-19(32)16(15-11-38-21(26)28-15)30-36-8-7-35-14-5-3-12(4-6-14)18(25)27-13(9-23)10-24;2-1-3/h3-6,11,13,17,34H,7-10,23-24H2,1-2H3,(H2,25,27)(H2,26,28)(H,29,32);1H,(H,2,3)/b30-16-;/t17-;/m1./s1. The van der Waals surface area contributed by atoms with E-state index < -0.39 is 23.4 Å². The average molecular weight is 628 g/mol. The SMILES string of the molecule is CC1(C)[C@H](NC(=O)/C(=N\OCCOc2ccc(C(N)=NC(CN)CN)cc2)c2csc(N)n2)C(=O)N1OSO.O=CO. The molecular weight excluding hydrogens is 594 g/mol. The van der Waals surface area contributed by atoms with Gasteiger partial charge in [0, 0.05) is 24.0 Å². The third-order valence-electron chi connectivity index (χ3n) is 5.66. The molecule has 2 heterocycles. The van der Waals surface area contributed by atoms with Gasteiger partial charge in [0.15, 0.2) is 29.8 Å². The molecule has 0 saturated carbocycles. The van der Waals surface area contributed by atoms with Gasteiger partial charge in [-0.2, -0.15) is 9.35 Å². The second-order valence-corrected chi connectivity index (χ2v) is 9.99. The molecule has 230 valence electrons. The number of anilines is 1. The molecule has 3 rings (SSSR count). The molecule has 1 aliphatic heterocycles. The second-order valence-electron chi connectivity index (χ2n) is 8.80. The van der Waals surface area contributed by atoms with Gasteiger partial charge in [0.25, 0.3) is 18.3 Å². The Bertz CT molecular complexity index is 1250. The number of nitrogen functional groups attached to an aromatic ring is 1. The number of thiazole rings is 1. The number of hydrogen-bond donors (Lipinski definition) is 7. The lowest BCUT2D eigenvalue weighted by Crippen LogP contribution is -2.76. The summed E-state index contributed by atoms with van der Waals surface area (Å²) in [6.07, 6.45) is 0. The zero-order valence-electron chi connectivity index (χ0n) is 22.7. The van der Waals surface area contributed by atoms with Crippen LogP contribution in [0.5, 0.6) is 5.75 Å². The van der Waals surface area contributed by atoms with Crippen LogP contribution in [0.25, 0.3) is 0 Å². The Kier molecular flexibility index (Phi) is 13.4. The van der Waals surface area contributed by atoms with Gasteiger partial charge in [0.05, 0.1) is 11.6 Å². The van der Waals surface area contributed by atoms with Gasteiger partial charge in [-0.05, 0) is 38.1 Å². The number of nitrogens with two attached hydrogens (primary N) is 4. The fraction of sp³-hybridized carbons (Fsp3) is 0.391. The largest absolute Gasteiger partial charge is 0.490 e. The first kappa shape index (κ1) is 34.2. The fourth-order valence-corrected chi connectivity index (χ4v) is 4.34. The van der Waals surface area contributed by atoms with Crippen LogP contribution in [-0.2, 0) is 23.5 Å². The molecule has 0 radical (unpaired) electrons. The van der Waals surface area contributed by atoms with Crippen molar-refractivity contribution in [2.45, 2.75) is 31.5 Å². The van der Waals surface area contributed by atoms with Gasteiger partial charge >= 0.3 is 0 Å². The number of aliphatic imine (C=N–C) groups is 1. The van der Waals surface area contributed by atoms with Crippen LogP contribution in [-0.4, -0.2) is 93.5 Å². The predicted octanol–water partition coefficient (Wildman–Crippen LogP) is -0.624. The quantitative estimate of drug-likeness (QED) is 0.0261. The summed E-state index contributed by atoms with van der Waals surface area (Å²) >= 11 is 1.15. The molecule has 2 amide bonds. The molecule has 1 aliphatic rings. The molecule has 17 nitrogen and oxygen atoms in total. The van der Waals surface area contributed by atoms with Crippen molar-refractivity contribution in [1.29, 1.82) is 0 Å². The lowest BCUT2D eigenvalue weighted by molar-refractivity contribution is -0.214. The number of carboxylic acid groups (broad SMARTS) is 1. The highest BCUT2D eigenvalue weighted by Gasteiger charge is 2.57. The third kappa shape index (κ3) is 8.99. The zero-order chi connectivity index (χ0) is 31.3. The monoisotopic (exact) mass is 627 g/mol. The van der Waals surface area contributed by atoms with Crippen LogP contribution in [0, 0.1) is 0 Å². The second kappa shape index (κ2) is 16.4. The van der Waals surface area contributed by atoms with E-state index in [0.29, 0.717) is 30.2 Å². The summed E-state index contributed by atoms with van der Waals surface area (Å²) in [5.41, 5.74) is 22.7. The van der Waals surface area contributed by atoms with Crippen LogP contribution in [0.2, 0.25) is 0 Å². The first-order valence-corrected chi connectivity index (χ1v) is 13.7. The maximum Gasteiger partial charge on any atom is 0.290 e. The molecule has 19 heteroatoms. The van der Waals surface area contributed by atoms with E-state index in [1.54, 1.807) is 43.5 Å². The number of rotatable bonds is 14. The van der Waals surface area contributed by atoms with E-state index in [1.807, 2.05) is 0 Å². The molecule has 0 spiro atoms. The lowest BCUT2D eigenvalue weighted by atomic mass is 9.84. The van der Waals surface area contributed by atoms with Gasteiger partial charge in [-0.25, -0.2) is 4.98 Å². The summed E-state index contributed by atoms with van der Waals surface area (Å²) in [6, 6.07) is 5.76. The highest BCUT2D eigenvalue weighted by atomic mass is 32.2. The first-order valence-electron chi connectivity index (χ1n) is 12.1. The van der Waals surface area contributed by atoms with Gasteiger partial charge in [0.1, 0.15) is 29.9 Å². The zero-order valence-corrected chi connectivity index (χ0v) is 24.3. The van der Waals surface area contributed by atoms with Crippen molar-refractivity contribution in [3.8, 4) is 5.75 Å². The van der Waals surface area contributed by atoms with Crippen molar-refractivity contribution in [3.63, 3.8) is 0 Å². The number of amides is 2. The number of carbonyl (C=O) groups excluding carboxylic acids is 2. The third-order valence-corrected chi connectivity index (χ3v) is 6.54. The minimum atomic E-state index is -0.930.